The molecule has 1 saturated heterocycles. The van der Waals surface area contributed by atoms with E-state index in [-0.39, 0.29) is 11.8 Å². The number of carbonyl (C=O) groups is 1. The molecule has 1 atom stereocenters. The number of nitrogens with zero attached hydrogens (tertiary/aromatic N) is 5. The van der Waals surface area contributed by atoms with Crippen LogP contribution in [0.25, 0.3) is 0 Å². The molecular formula is C20H27N5O. The Bertz CT molecular complexity index is 808. The van der Waals surface area contributed by atoms with Crippen LogP contribution in [0.1, 0.15) is 85.1 Å². The van der Waals surface area contributed by atoms with Gasteiger partial charge in [0.2, 0.25) is 0 Å². The van der Waals surface area contributed by atoms with Crippen LogP contribution in [0.4, 0.5) is 0 Å². The maximum absolute atomic E-state index is 13.1. The van der Waals surface area contributed by atoms with Crippen LogP contribution in [-0.2, 0) is 0 Å². The minimum absolute atomic E-state index is 0.0530. The van der Waals surface area contributed by atoms with Gasteiger partial charge in [-0.3, -0.25) is 4.79 Å². The molecule has 6 nitrogen and oxygen atoms in total. The van der Waals surface area contributed by atoms with Gasteiger partial charge in [-0.15, -0.1) is 0 Å². The third-order valence-corrected chi connectivity index (χ3v) is 5.50. The number of amides is 1. The Hall–Kier alpha value is -2.24. The highest BCUT2D eigenvalue weighted by Gasteiger charge is 2.31. The molecule has 1 amide bonds. The molecule has 0 N–H and O–H groups in total. The summed E-state index contributed by atoms with van der Waals surface area (Å²) in [6.07, 6.45) is 10.0. The summed E-state index contributed by atoms with van der Waals surface area (Å²) in [5.74, 6) is 2.84. The quantitative estimate of drug-likeness (QED) is 0.844. The molecule has 0 aromatic carbocycles. The number of imidazole rings is 1. The van der Waals surface area contributed by atoms with Crippen LogP contribution in [0.2, 0.25) is 0 Å². The molecule has 0 unspecified atom stereocenters. The Morgan fingerprint density at radius 1 is 1.19 bits per heavy atom. The van der Waals surface area contributed by atoms with Crippen molar-refractivity contribution in [2.75, 3.05) is 13.1 Å². The number of piperidine rings is 1. The van der Waals surface area contributed by atoms with Crippen molar-refractivity contribution >= 4 is 5.91 Å². The molecule has 6 heteroatoms. The van der Waals surface area contributed by atoms with E-state index in [1.807, 2.05) is 24.2 Å². The van der Waals surface area contributed by atoms with Crippen molar-refractivity contribution in [3.8, 4) is 0 Å². The maximum atomic E-state index is 13.1. The van der Waals surface area contributed by atoms with Gasteiger partial charge in [-0.2, -0.15) is 0 Å². The first-order chi connectivity index (χ1) is 12.5. The van der Waals surface area contributed by atoms with Gasteiger partial charge in [0.05, 0.1) is 11.3 Å². The normalized spacial score (nSPS) is 20.6. The minimum atomic E-state index is 0.0530. The van der Waals surface area contributed by atoms with Crippen molar-refractivity contribution in [1.29, 1.82) is 0 Å². The second kappa shape index (κ2) is 6.82. The Morgan fingerprint density at radius 3 is 2.69 bits per heavy atom. The summed E-state index contributed by atoms with van der Waals surface area (Å²) < 4.78 is 2.22. The van der Waals surface area contributed by atoms with Crippen molar-refractivity contribution in [3.05, 3.63) is 41.5 Å². The van der Waals surface area contributed by atoms with Crippen LogP contribution in [0, 0.1) is 6.92 Å². The fourth-order valence-electron chi connectivity index (χ4n) is 3.85. The smallest absolute Gasteiger partial charge is 0.257 e. The second-order valence-corrected chi connectivity index (χ2v) is 7.88. The second-order valence-electron chi connectivity index (χ2n) is 7.88. The summed E-state index contributed by atoms with van der Waals surface area (Å²) in [5, 5.41) is 0. The van der Waals surface area contributed by atoms with Crippen molar-refractivity contribution in [2.24, 2.45) is 0 Å². The van der Waals surface area contributed by atoms with Crippen LogP contribution < -0.4 is 0 Å². The van der Waals surface area contributed by atoms with E-state index in [4.69, 9.17) is 0 Å². The molecule has 2 aromatic rings. The van der Waals surface area contributed by atoms with Gasteiger partial charge in [0.25, 0.3) is 5.91 Å². The number of aromatic nitrogens is 4. The highest BCUT2D eigenvalue weighted by molar-refractivity contribution is 5.95. The van der Waals surface area contributed by atoms with Crippen molar-refractivity contribution in [1.82, 2.24) is 24.4 Å². The number of rotatable bonds is 4. The minimum Gasteiger partial charge on any atom is -0.338 e. The Balaban J connectivity index is 1.52. The SMILES string of the molecule is Cc1nc(C2CC2)ncc1C(=O)N1CCC[C@H](c2nccn2C(C)C)C1. The molecule has 1 saturated carbocycles. The molecule has 2 fully saturated rings. The first-order valence-electron chi connectivity index (χ1n) is 9.70. The lowest BCUT2D eigenvalue weighted by Gasteiger charge is -2.33. The zero-order chi connectivity index (χ0) is 18.3. The van der Waals surface area contributed by atoms with E-state index < -0.39 is 0 Å². The molecule has 138 valence electrons. The standard InChI is InChI=1S/C20H27N5O/c1-13(2)25-10-8-21-19(25)16-5-4-9-24(12-16)20(26)17-11-22-18(15-6-7-15)23-14(17)3/h8,10-11,13,15-16H,4-7,9,12H2,1-3H3/t16-/m0/s1. The molecule has 4 rings (SSSR count). The lowest BCUT2D eigenvalue weighted by Crippen LogP contribution is -2.40. The van der Waals surface area contributed by atoms with E-state index in [0.29, 0.717) is 24.1 Å². The summed E-state index contributed by atoms with van der Waals surface area (Å²) in [5.41, 5.74) is 1.44. The molecule has 0 bridgehead atoms. The highest BCUT2D eigenvalue weighted by atomic mass is 16.2. The third kappa shape index (κ3) is 3.24. The lowest BCUT2D eigenvalue weighted by molar-refractivity contribution is 0.0701. The molecule has 1 aliphatic heterocycles. The number of hydrogen-bond acceptors (Lipinski definition) is 4. The van der Waals surface area contributed by atoms with E-state index in [2.05, 4.69) is 33.4 Å². The molecular weight excluding hydrogens is 326 g/mol. The lowest BCUT2D eigenvalue weighted by atomic mass is 9.96. The first-order valence-corrected chi connectivity index (χ1v) is 9.70. The topological polar surface area (TPSA) is 63.9 Å². The molecule has 2 aliphatic rings. The van der Waals surface area contributed by atoms with Crippen molar-refractivity contribution in [2.45, 2.75) is 64.3 Å². The number of carbonyl (C=O) groups excluding carboxylic acids is 1. The van der Waals surface area contributed by atoms with Gasteiger partial charge in [0.15, 0.2) is 0 Å². The zero-order valence-corrected chi connectivity index (χ0v) is 15.9. The predicted octanol–water partition coefficient (Wildman–Crippen LogP) is 3.46. The molecule has 26 heavy (non-hydrogen) atoms. The van der Waals surface area contributed by atoms with Crippen molar-refractivity contribution < 1.29 is 4.79 Å². The third-order valence-electron chi connectivity index (χ3n) is 5.50. The van der Waals surface area contributed by atoms with Gasteiger partial charge < -0.3 is 9.47 Å². The molecule has 0 spiro atoms. The van der Waals surface area contributed by atoms with Gasteiger partial charge >= 0.3 is 0 Å². The van der Waals surface area contributed by atoms with Crippen LogP contribution >= 0.6 is 0 Å². The predicted molar refractivity (Wildman–Crippen MR) is 99.2 cm³/mol. The maximum Gasteiger partial charge on any atom is 0.257 e. The van der Waals surface area contributed by atoms with E-state index in [1.165, 1.54) is 12.8 Å². The van der Waals surface area contributed by atoms with Gasteiger partial charge in [0.1, 0.15) is 11.6 Å². The van der Waals surface area contributed by atoms with E-state index >= 15 is 0 Å². The summed E-state index contributed by atoms with van der Waals surface area (Å²) in [6, 6.07) is 0.379. The van der Waals surface area contributed by atoms with Gasteiger partial charge in [-0.05, 0) is 46.5 Å². The fourth-order valence-corrected chi connectivity index (χ4v) is 3.85. The van der Waals surface area contributed by atoms with E-state index in [0.717, 1.165) is 36.7 Å². The van der Waals surface area contributed by atoms with Gasteiger partial charge in [0, 0.05) is 49.6 Å². The summed E-state index contributed by atoms with van der Waals surface area (Å²) >= 11 is 0. The molecule has 0 radical (unpaired) electrons. The Kier molecular flexibility index (Phi) is 4.51. The molecule has 1 aliphatic carbocycles. The summed E-state index contributed by atoms with van der Waals surface area (Å²) in [4.78, 5) is 28.6. The van der Waals surface area contributed by atoms with E-state index in [1.54, 1.807) is 6.20 Å². The average Bonchev–Trinajstić information content (AvgIpc) is 3.37. The number of aryl methyl sites for hydroxylation is 1. The Morgan fingerprint density at radius 2 is 2.00 bits per heavy atom. The van der Waals surface area contributed by atoms with E-state index in [9.17, 15) is 4.79 Å². The Labute approximate surface area is 154 Å². The largest absolute Gasteiger partial charge is 0.338 e. The highest BCUT2D eigenvalue weighted by Crippen LogP contribution is 2.38. The van der Waals surface area contributed by atoms with Crippen LogP contribution in [0.3, 0.4) is 0 Å². The average molecular weight is 353 g/mol. The van der Waals surface area contributed by atoms with Crippen LogP contribution in [0.15, 0.2) is 18.6 Å². The van der Waals surface area contributed by atoms with Crippen LogP contribution in [-0.4, -0.2) is 43.4 Å². The summed E-state index contributed by atoms with van der Waals surface area (Å²) in [6.45, 7) is 7.76. The van der Waals surface area contributed by atoms with Gasteiger partial charge in [-0.1, -0.05) is 0 Å². The zero-order valence-electron chi connectivity index (χ0n) is 15.9. The van der Waals surface area contributed by atoms with Gasteiger partial charge in [-0.25, -0.2) is 15.0 Å². The molecule has 3 heterocycles. The van der Waals surface area contributed by atoms with Crippen LogP contribution in [0.5, 0.6) is 0 Å². The monoisotopic (exact) mass is 353 g/mol. The first kappa shape index (κ1) is 17.2. The fraction of sp³-hybridized carbons (Fsp3) is 0.600. The summed E-state index contributed by atoms with van der Waals surface area (Å²) in [7, 11) is 0. The molecule has 2 aromatic heterocycles. The van der Waals surface area contributed by atoms with Crippen molar-refractivity contribution in [3.63, 3.8) is 0 Å². The number of hydrogen-bond donors (Lipinski definition) is 0. The number of likely N-dealkylation sites (tertiary alicyclic amines) is 1.